The van der Waals surface area contributed by atoms with E-state index in [0.717, 1.165) is 17.7 Å². The summed E-state index contributed by atoms with van der Waals surface area (Å²) in [5.74, 6) is 1.32. The zero-order chi connectivity index (χ0) is 19.9. The fourth-order valence-corrected chi connectivity index (χ4v) is 3.85. The Bertz CT molecular complexity index is 894. The molecule has 1 aliphatic rings. The lowest BCUT2D eigenvalue weighted by Crippen LogP contribution is -2.29. The van der Waals surface area contributed by atoms with Gasteiger partial charge in [0.25, 0.3) is 5.91 Å². The number of rotatable bonds is 7. The van der Waals surface area contributed by atoms with Crippen molar-refractivity contribution in [3.8, 4) is 11.5 Å². The molecule has 1 fully saturated rings. The molecule has 1 heterocycles. The van der Waals surface area contributed by atoms with Crippen molar-refractivity contribution < 1.29 is 14.3 Å². The molecule has 5 nitrogen and oxygen atoms in total. The van der Waals surface area contributed by atoms with Crippen molar-refractivity contribution in [2.24, 2.45) is 4.99 Å². The van der Waals surface area contributed by atoms with Gasteiger partial charge in [-0.15, -0.1) is 0 Å². The van der Waals surface area contributed by atoms with Gasteiger partial charge < -0.3 is 9.47 Å². The fourth-order valence-electron chi connectivity index (χ4n) is 2.83. The zero-order valence-corrected chi connectivity index (χ0v) is 17.2. The minimum absolute atomic E-state index is 0.0182. The third-order valence-electron chi connectivity index (χ3n) is 4.10. The molecule has 146 valence electrons. The van der Waals surface area contributed by atoms with E-state index in [9.17, 15) is 4.79 Å². The van der Waals surface area contributed by atoms with Crippen molar-refractivity contribution in [2.45, 2.75) is 20.3 Å². The number of methoxy groups -OCH3 is 1. The number of amides is 1. The molecule has 1 saturated heterocycles. The first-order chi connectivity index (χ1) is 13.7. The highest BCUT2D eigenvalue weighted by Crippen LogP contribution is 2.36. The maximum atomic E-state index is 12.9. The largest absolute Gasteiger partial charge is 0.493 e. The summed E-state index contributed by atoms with van der Waals surface area (Å²) in [4.78, 5) is 20.0. The normalized spacial score (nSPS) is 16.8. The summed E-state index contributed by atoms with van der Waals surface area (Å²) in [6.07, 6.45) is 2.75. The molecule has 0 radical (unpaired) electrons. The summed E-state index contributed by atoms with van der Waals surface area (Å²) in [6, 6.07) is 15.3. The number of amidine groups is 1. The van der Waals surface area contributed by atoms with Gasteiger partial charge in [0.1, 0.15) is 0 Å². The van der Waals surface area contributed by atoms with Crippen LogP contribution < -0.4 is 9.47 Å². The van der Waals surface area contributed by atoms with Crippen LogP contribution in [0.15, 0.2) is 58.4 Å². The van der Waals surface area contributed by atoms with E-state index in [0.29, 0.717) is 34.7 Å². The summed E-state index contributed by atoms with van der Waals surface area (Å²) in [6.45, 7) is 5.16. The van der Waals surface area contributed by atoms with Gasteiger partial charge in [-0.3, -0.25) is 9.69 Å². The molecule has 0 aliphatic carbocycles. The van der Waals surface area contributed by atoms with E-state index in [1.807, 2.05) is 61.5 Å². The molecule has 0 bridgehead atoms. The molecule has 28 heavy (non-hydrogen) atoms. The maximum Gasteiger partial charge on any atom is 0.266 e. The molecule has 1 amide bonds. The van der Waals surface area contributed by atoms with Crippen LogP contribution >= 0.6 is 11.8 Å². The highest BCUT2D eigenvalue weighted by atomic mass is 32.2. The van der Waals surface area contributed by atoms with Crippen LogP contribution in [-0.4, -0.2) is 36.2 Å². The molecule has 0 N–H and O–H groups in total. The second-order valence-corrected chi connectivity index (χ2v) is 7.15. The molecular weight excluding hydrogens is 372 g/mol. The van der Waals surface area contributed by atoms with Gasteiger partial charge in [0.05, 0.1) is 24.3 Å². The Hall–Kier alpha value is -2.73. The van der Waals surface area contributed by atoms with Crippen LogP contribution in [-0.2, 0) is 4.79 Å². The van der Waals surface area contributed by atoms with Gasteiger partial charge in [-0.25, -0.2) is 4.99 Å². The lowest BCUT2D eigenvalue weighted by atomic mass is 10.2. The number of hydrogen-bond donors (Lipinski definition) is 0. The van der Waals surface area contributed by atoms with Gasteiger partial charge in [-0.2, -0.15) is 0 Å². The lowest BCUT2D eigenvalue weighted by Gasteiger charge is -2.13. The number of benzene rings is 2. The van der Waals surface area contributed by atoms with Gasteiger partial charge in [-0.05, 0) is 61.0 Å². The Morgan fingerprint density at radius 1 is 1.11 bits per heavy atom. The standard InChI is InChI=1S/C22H24N2O3S/c1-4-13-24-21(25)20(28-22(24)23-17-9-7-6-8-10-17)15-16-11-12-18(26-3)19(14-16)27-5-2/h6-12,14-15H,4-5,13H2,1-3H3/b20-15+,23-22?. The average molecular weight is 397 g/mol. The molecule has 2 aromatic rings. The SMILES string of the molecule is CCCN1C(=O)/C(=C\c2ccc(OC)c(OCC)c2)SC1=Nc1ccccc1. The highest BCUT2D eigenvalue weighted by Gasteiger charge is 2.32. The summed E-state index contributed by atoms with van der Waals surface area (Å²) >= 11 is 1.40. The number of hydrogen-bond acceptors (Lipinski definition) is 5. The van der Waals surface area contributed by atoms with Crippen molar-refractivity contribution in [2.75, 3.05) is 20.3 Å². The Morgan fingerprint density at radius 3 is 2.57 bits per heavy atom. The Balaban J connectivity index is 1.93. The summed E-state index contributed by atoms with van der Waals surface area (Å²) in [5.41, 5.74) is 1.72. The Morgan fingerprint density at radius 2 is 1.89 bits per heavy atom. The van der Waals surface area contributed by atoms with Crippen LogP contribution in [0, 0.1) is 0 Å². The number of carbonyl (C=O) groups excluding carboxylic acids is 1. The van der Waals surface area contributed by atoms with Gasteiger partial charge in [0.2, 0.25) is 0 Å². The first-order valence-electron chi connectivity index (χ1n) is 9.32. The zero-order valence-electron chi connectivity index (χ0n) is 16.3. The molecule has 3 rings (SSSR count). The van der Waals surface area contributed by atoms with E-state index < -0.39 is 0 Å². The minimum Gasteiger partial charge on any atom is -0.493 e. The molecule has 0 atom stereocenters. The van der Waals surface area contributed by atoms with Crippen LogP contribution in [0.25, 0.3) is 6.08 Å². The van der Waals surface area contributed by atoms with E-state index in [4.69, 9.17) is 9.47 Å². The predicted octanol–water partition coefficient (Wildman–Crippen LogP) is 5.11. The van der Waals surface area contributed by atoms with Gasteiger partial charge in [-0.1, -0.05) is 31.2 Å². The second-order valence-electron chi connectivity index (χ2n) is 6.14. The monoisotopic (exact) mass is 396 g/mol. The predicted molar refractivity (Wildman–Crippen MR) is 115 cm³/mol. The van der Waals surface area contributed by atoms with Gasteiger partial charge in [0.15, 0.2) is 16.7 Å². The molecular formula is C22H24N2O3S. The Labute approximate surface area is 170 Å². The van der Waals surface area contributed by atoms with Crippen molar-refractivity contribution in [1.82, 2.24) is 4.90 Å². The van der Waals surface area contributed by atoms with E-state index in [2.05, 4.69) is 11.9 Å². The highest BCUT2D eigenvalue weighted by molar-refractivity contribution is 8.18. The van der Waals surface area contributed by atoms with Gasteiger partial charge in [0, 0.05) is 6.54 Å². The van der Waals surface area contributed by atoms with Crippen molar-refractivity contribution in [3.05, 3.63) is 59.0 Å². The quantitative estimate of drug-likeness (QED) is 0.611. The van der Waals surface area contributed by atoms with Gasteiger partial charge >= 0.3 is 0 Å². The summed E-state index contributed by atoms with van der Waals surface area (Å²) in [7, 11) is 1.61. The average Bonchev–Trinajstić information content (AvgIpc) is 2.98. The molecule has 0 aromatic heterocycles. The third kappa shape index (κ3) is 4.57. The number of carbonyl (C=O) groups is 1. The lowest BCUT2D eigenvalue weighted by molar-refractivity contribution is -0.122. The molecule has 2 aromatic carbocycles. The molecule has 6 heteroatoms. The molecule has 0 spiro atoms. The first-order valence-corrected chi connectivity index (χ1v) is 10.1. The summed E-state index contributed by atoms with van der Waals surface area (Å²) < 4.78 is 11.0. The van der Waals surface area contributed by atoms with Crippen molar-refractivity contribution >= 4 is 34.6 Å². The number of thioether (sulfide) groups is 1. The maximum absolute atomic E-state index is 12.9. The number of nitrogens with zero attached hydrogens (tertiary/aromatic N) is 2. The number of aliphatic imine (C=N–C) groups is 1. The minimum atomic E-state index is -0.0182. The number of ether oxygens (including phenoxy) is 2. The molecule has 1 aliphatic heterocycles. The molecule has 0 saturated carbocycles. The van der Waals surface area contributed by atoms with Crippen LogP contribution in [0.1, 0.15) is 25.8 Å². The summed E-state index contributed by atoms with van der Waals surface area (Å²) in [5, 5.41) is 0.711. The van der Waals surface area contributed by atoms with Crippen LogP contribution in [0.2, 0.25) is 0 Å². The van der Waals surface area contributed by atoms with Crippen LogP contribution in [0.3, 0.4) is 0 Å². The fraction of sp³-hybridized carbons (Fsp3) is 0.273. The van der Waals surface area contributed by atoms with E-state index in [-0.39, 0.29) is 5.91 Å². The number of para-hydroxylation sites is 1. The van der Waals surface area contributed by atoms with E-state index in [1.165, 1.54) is 11.8 Å². The second kappa shape index (κ2) is 9.46. The van der Waals surface area contributed by atoms with E-state index in [1.54, 1.807) is 12.0 Å². The first kappa shape index (κ1) is 20.0. The smallest absolute Gasteiger partial charge is 0.266 e. The third-order valence-corrected chi connectivity index (χ3v) is 5.11. The van der Waals surface area contributed by atoms with Crippen LogP contribution in [0.5, 0.6) is 11.5 Å². The van der Waals surface area contributed by atoms with Crippen molar-refractivity contribution in [3.63, 3.8) is 0 Å². The Kier molecular flexibility index (Phi) is 6.76. The van der Waals surface area contributed by atoms with E-state index >= 15 is 0 Å². The van der Waals surface area contributed by atoms with Crippen molar-refractivity contribution in [1.29, 1.82) is 0 Å². The topological polar surface area (TPSA) is 51.1 Å². The van der Waals surface area contributed by atoms with Crippen LogP contribution in [0.4, 0.5) is 5.69 Å². The molecule has 0 unspecified atom stereocenters.